The van der Waals surface area contributed by atoms with E-state index in [1.807, 2.05) is 23.6 Å². The van der Waals surface area contributed by atoms with Gasteiger partial charge in [0, 0.05) is 18.5 Å². The van der Waals surface area contributed by atoms with Gasteiger partial charge in [-0.15, -0.1) is 21.5 Å². The van der Waals surface area contributed by atoms with E-state index in [-0.39, 0.29) is 5.91 Å². The summed E-state index contributed by atoms with van der Waals surface area (Å²) >= 11 is 3.16. The number of carbonyl (C=O) groups is 1. The highest BCUT2D eigenvalue weighted by Gasteiger charge is 2.14. The van der Waals surface area contributed by atoms with Crippen LogP contribution in [0.1, 0.15) is 16.4 Å². The highest BCUT2D eigenvalue weighted by Crippen LogP contribution is 2.18. The first-order valence-corrected chi connectivity index (χ1v) is 9.80. The number of furan rings is 1. The monoisotopic (exact) mass is 376 g/mol. The van der Waals surface area contributed by atoms with E-state index in [0.717, 1.165) is 29.6 Å². The van der Waals surface area contributed by atoms with E-state index in [4.69, 9.17) is 4.42 Å². The van der Waals surface area contributed by atoms with Gasteiger partial charge in [0.25, 0.3) is 0 Å². The highest BCUT2D eigenvalue weighted by molar-refractivity contribution is 7.99. The highest BCUT2D eigenvalue weighted by atomic mass is 32.2. The molecule has 0 saturated carbocycles. The van der Waals surface area contributed by atoms with Crippen LogP contribution in [0.15, 0.2) is 45.5 Å². The quantitative estimate of drug-likeness (QED) is 0.565. The maximum Gasteiger partial charge on any atom is 0.233 e. The lowest BCUT2D eigenvalue weighted by molar-refractivity contribution is -0.127. The lowest BCUT2D eigenvalue weighted by Gasteiger charge is -2.15. The molecule has 1 amide bonds. The van der Waals surface area contributed by atoms with E-state index in [9.17, 15) is 4.79 Å². The largest absolute Gasteiger partial charge is 0.464 e. The molecule has 3 aromatic rings. The van der Waals surface area contributed by atoms with Crippen LogP contribution in [-0.4, -0.2) is 38.4 Å². The standard InChI is InChI=1S/C17H20N4O2S2/c1-13-5-6-14(23-13)10-20(2)16(22)11-25-17-19-18-12-21(17)8-7-15-4-3-9-24-15/h3-6,9,12H,7-8,10-11H2,1-2H3. The zero-order chi connectivity index (χ0) is 17.6. The summed E-state index contributed by atoms with van der Waals surface area (Å²) in [5, 5.41) is 10.9. The summed E-state index contributed by atoms with van der Waals surface area (Å²) < 4.78 is 7.51. The van der Waals surface area contributed by atoms with Gasteiger partial charge in [-0.25, -0.2) is 0 Å². The Morgan fingerprint density at radius 1 is 1.40 bits per heavy atom. The first-order valence-electron chi connectivity index (χ1n) is 7.94. The van der Waals surface area contributed by atoms with Crippen molar-refractivity contribution in [2.75, 3.05) is 12.8 Å². The second-order valence-corrected chi connectivity index (χ2v) is 7.66. The zero-order valence-electron chi connectivity index (χ0n) is 14.2. The Balaban J connectivity index is 1.49. The summed E-state index contributed by atoms with van der Waals surface area (Å²) in [4.78, 5) is 15.3. The third-order valence-corrected chi connectivity index (χ3v) is 5.60. The van der Waals surface area contributed by atoms with Gasteiger partial charge in [-0.05, 0) is 36.9 Å². The van der Waals surface area contributed by atoms with Gasteiger partial charge in [0.1, 0.15) is 17.8 Å². The summed E-state index contributed by atoms with van der Waals surface area (Å²) in [6.45, 7) is 3.17. The molecule has 3 aromatic heterocycles. The minimum atomic E-state index is 0.0341. The number of aromatic nitrogens is 3. The minimum Gasteiger partial charge on any atom is -0.464 e. The predicted octanol–water partition coefficient (Wildman–Crippen LogP) is 3.23. The summed E-state index contributed by atoms with van der Waals surface area (Å²) in [6, 6.07) is 7.97. The van der Waals surface area contributed by atoms with Crippen LogP contribution in [0.5, 0.6) is 0 Å². The molecule has 8 heteroatoms. The van der Waals surface area contributed by atoms with Crippen molar-refractivity contribution < 1.29 is 9.21 Å². The third-order valence-electron chi connectivity index (χ3n) is 3.70. The van der Waals surface area contributed by atoms with Crippen molar-refractivity contribution in [3.8, 4) is 0 Å². The normalized spacial score (nSPS) is 11.0. The molecular weight excluding hydrogens is 356 g/mol. The molecule has 6 nitrogen and oxygen atoms in total. The van der Waals surface area contributed by atoms with E-state index >= 15 is 0 Å². The molecule has 0 aliphatic heterocycles. The van der Waals surface area contributed by atoms with Crippen molar-refractivity contribution in [1.82, 2.24) is 19.7 Å². The number of aryl methyl sites for hydroxylation is 3. The van der Waals surface area contributed by atoms with Crippen LogP contribution in [-0.2, 0) is 24.3 Å². The first-order chi connectivity index (χ1) is 12.1. The second kappa shape index (κ2) is 8.35. The predicted molar refractivity (Wildman–Crippen MR) is 98.7 cm³/mol. The fourth-order valence-corrected chi connectivity index (χ4v) is 3.90. The lowest BCUT2D eigenvalue weighted by atomic mass is 10.3. The minimum absolute atomic E-state index is 0.0341. The van der Waals surface area contributed by atoms with E-state index in [2.05, 4.69) is 27.7 Å². The molecule has 3 heterocycles. The molecule has 0 atom stereocenters. The van der Waals surface area contributed by atoms with Crippen molar-refractivity contribution in [2.24, 2.45) is 0 Å². The molecule has 0 aliphatic carbocycles. The fraction of sp³-hybridized carbons (Fsp3) is 0.353. The number of amides is 1. The van der Waals surface area contributed by atoms with Gasteiger partial charge >= 0.3 is 0 Å². The van der Waals surface area contributed by atoms with Crippen LogP contribution in [0.4, 0.5) is 0 Å². The van der Waals surface area contributed by atoms with Crippen molar-refractivity contribution in [2.45, 2.75) is 31.6 Å². The van der Waals surface area contributed by atoms with E-state index in [0.29, 0.717) is 12.3 Å². The smallest absolute Gasteiger partial charge is 0.233 e. The molecule has 0 bridgehead atoms. The van der Waals surface area contributed by atoms with Crippen LogP contribution in [0, 0.1) is 6.92 Å². The Morgan fingerprint density at radius 3 is 3.00 bits per heavy atom. The van der Waals surface area contributed by atoms with E-state index in [1.165, 1.54) is 16.6 Å². The third kappa shape index (κ3) is 4.96. The molecule has 0 fully saturated rings. The van der Waals surface area contributed by atoms with E-state index in [1.54, 1.807) is 29.6 Å². The fourth-order valence-electron chi connectivity index (χ4n) is 2.32. The molecule has 0 aliphatic rings. The van der Waals surface area contributed by atoms with Crippen LogP contribution in [0.25, 0.3) is 0 Å². The molecule has 0 aromatic carbocycles. The Hall–Kier alpha value is -2.06. The number of carbonyl (C=O) groups excluding carboxylic acids is 1. The molecule has 0 radical (unpaired) electrons. The number of rotatable bonds is 8. The van der Waals surface area contributed by atoms with Gasteiger partial charge in [-0.2, -0.15) is 0 Å². The van der Waals surface area contributed by atoms with Crippen molar-refractivity contribution >= 4 is 29.0 Å². The average molecular weight is 377 g/mol. The SMILES string of the molecule is Cc1ccc(CN(C)C(=O)CSc2nncn2CCc2cccs2)o1. The first kappa shape index (κ1) is 17.8. The van der Waals surface area contributed by atoms with Crippen LogP contribution < -0.4 is 0 Å². The maximum absolute atomic E-state index is 12.3. The van der Waals surface area contributed by atoms with Gasteiger partial charge in [-0.3, -0.25) is 4.79 Å². The van der Waals surface area contributed by atoms with Crippen molar-refractivity contribution in [1.29, 1.82) is 0 Å². The summed E-state index contributed by atoms with van der Waals surface area (Å²) in [6.07, 6.45) is 2.66. The average Bonchev–Trinajstić information content (AvgIpc) is 3.33. The molecular formula is C17H20N4O2S2. The van der Waals surface area contributed by atoms with Gasteiger partial charge in [0.2, 0.25) is 5.91 Å². The molecule has 0 saturated heterocycles. The van der Waals surface area contributed by atoms with Crippen LogP contribution in [0.3, 0.4) is 0 Å². The molecule has 25 heavy (non-hydrogen) atoms. The Bertz CT molecular complexity index is 810. The molecule has 0 spiro atoms. The summed E-state index contributed by atoms with van der Waals surface area (Å²) in [5.74, 6) is 2.00. The maximum atomic E-state index is 12.3. The molecule has 0 unspecified atom stereocenters. The van der Waals surface area contributed by atoms with Crippen molar-refractivity contribution in [3.05, 3.63) is 52.4 Å². The Labute approximate surface area is 154 Å². The van der Waals surface area contributed by atoms with Gasteiger partial charge in [-0.1, -0.05) is 17.8 Å². The number of thiophene rings is 1. The van der Waals surface area contributed by atoms with Crippen LogP contribution in [0.2, 0.25) is 0 Å². The number of thioether (sulfide) groups is 1. The second-order valence-electron chi connectivity index (χ2n) is 5.69. The van der Waals surface area contributed by atoms with Gasteiger partial charge in [0.15, 0.2) is 5.16 Å². The summed E-state index contributed by atoms with van der Waals surface area (Å²) in [5.41, 5.74) is 0. The zero-order valence-corrected chi connectivity index (χ0v) is 15.8. The number of hydrogen-bond donors (Lipinski definition) is 0. The van der Waals surface area contributed by atoms with Gasteiger partial charge in [0.05, 0.1) is 12.3 Å². The van der Waals surface area contributed by atoms with Gasteiger partial charge < -0.3 is 13.9 Å². The van der Waals surface area contributed by atoms with Crippen molar-refractivity contribution in [3.63, 3.8) is 0 Å². The van der Waals surface area contributed by atoms with Crippen LogP contribution >= 0.6 is 23.1 Å². The Kier molecular flexibility index (Phi) is 5.93. The number of nitrogens with zero attached hydrogens (tertiary/aromatic N) is 4. The Morgan fingerprint density at radius 2 is 2.28 bits per heavy atom. The number of hydrogen-bond acceptors (Lipinski definition) is 6. The van der Waals surface area contributed by atoms with E-state index < -0.39 is 0 Å². The molecule has 0 N–H and O–H groups in total. The summed E-state index contributed by atoms with van der Waals surface area (Å²) in [7, 11) is 1.78. The molecule has 132 valence electrons. The topological polar surface area (TPSA) is 64.2 Å². The lowest BCUT2D eigenvalue weighted by Crippen LogP contribution is -2.27. The molecule has 3 rings (SSSR count).